The van der Waals surface area contributed by atoms with E-state index in [9.17, 15) is 0 Å². The van der Waals surface area contributed by atoms with Crippen LogP contribution in [0.5, 0.6) is 0 Å². The smallest absolute Gasteiger partial charge is 0.167 e. The van der Waals surface area contributed by atoms with Gasteiger partial charge in [0, 0.05) is 42.1 Å². The van der Waals surface area contributed by atoms with Gasteiger partial charge in [0.15, 0.2) is 17.5 Å². The van der Waals surface area contributed by atoms with E-state index >= 15 is 0 Å². The predicted molar refractivity (Wildman–Crippen MR) is 258 cm³/mol. The number of thiophene rings is 1. The Morgan fingerprint density at radius 3 is 1.44 bits per heavy atom. The maximum absolute atomic E-state index is 6.73. The molecular formula is C57H35N3OS. The first-order valence-corrected chi connectivity index (χ1v) is 21.6. The van der Waals surface area contributed by atoms with Crippen LogP contribution < -0.4 is 0 Å². The molecule has 0 saturated carbocycles. The number of hydrogen-bond donors (Lipinski definition) is 0. The summed E-state index contributed by atoms with van der Waals surface area (Å²) in [6.07, 6.45) is 0. The van der Waals surface area contributed by atoms with Crippen LogP contribution in [0.2, 0.25) is 0 Å². The fourth-order valence-corrected chi connectivity index (χ4v) is 10.1. The van der Waals surface area contributed by atoms with Crippen LogP contribution in [0.3, 0.4) is 0 Å². The molecule has 3 aromatic heterocycles. The Balaban J connectivity index is 1.00. The standard InChI is InChI=1S/C57H35N3OS/c1-4-16-36(17-5-1)41-22-10-12-24-43(41)39-31-33-51-50(34-39)46-26-14-28-48(53(46)61-51)56-58-55(38-20-8-3-9-21-38)59-57(60-56)49-29-15-27-47-45-32-30-40(35-52(45)62-54(47)49)44-25-13-11-23-42(44)37-18-6-2-7-19-37/h1-35H. The van der Waals surface area contributed by atoms with Gasteiger partial charge >= 0.3 is 0 Å². The van der Waals surface area contributed by atoms with Gasteiger partial charge in [0.25, 0.3) is 0 Å². The molecule has 0 saturated heterocycles. The summed E-state index contributed by atoms with van der Waals surface area (Å²) in [5.74, 6) is 1.79. The molecule has 0 aliphatic heterocycles. The molecule has 0 fully saturated rings. The van der Waals surface area contributed by atoms with Crippen LogP contribution in [-0.4, -0.2) is 15.0 Å². The average molecular weight is 810 g/mol. The van der Waals surface area contributed by atoms with Gasteiger partial charge in [-0.2, -0.15) is 0 Å². The van der Waals surface area contributed by atoms with E-state index in [4.69, 9.17) is 19.4 Å². The molecule has 0 bridgehead atoms. The number of aromatic nitrogens is 3. The van der Waals surface area contributed by atoms with Gasteiger partial charge in [-0.05, 0) is 74.8 Å². The highest BCUT2D eigenvalue weighted by molar-refractivity contribution is 7.26. The summed E-state index contributed by atoms with van der Waals surface area (Å²) in [7, 11) is 0. The second-order valence-corrected chi connectivity index (χ2v) is 16.5. The summed E-state index contributed by atoms with van der Waals surface area (Å²) >= 11 is 1.78. The number of nitrogens with zero attached hydrogens (tertiary/aromatic N) is 3. The third-order valence-electron chi connectivity index (χ3n) is 11.8. The second kappa shape index (κ2) is 14.9. The number of para-hydroxylation sites is 1. The zero-order chi connectivity index (χ0) is 41.0. The SMILES string of the molecule is c1ccc(-c2nc(-c3cccc4c3oc3ccc(-c5ccccc5-c5ccccc5)cc34)nc(-c3cccc4c3sc3cc(-c5ccccc5-c5ccccc5)ccc34)n2)cc1. The van der Waals surface area contributed by atoms with E-state index in [0.29, 0.717) is 17.5 Å². The Morgan fingerprint density at radius 1 is 0.306 bits per heavy atom. The molecule has 0 N–H and O–H groups in total. The van der Waals surface area contributed by atoms with Gasteiger partial charge in [0.05, 0.1) is 5.56 Å². The lowest BCUT2D eigenvalue weighted by molar-refractivity contribution is 0.669. The number of fused-ring (bicyclic) bond motifs is 6. The van der Waals surface area contributed by atoms with Gasteiger partial charge in [-0.15, -0.1) is 11.3 Å². The highest BCUT2D eigenvalue weighted by atomic mass is 32.1. The fourth-order valence-electron chi connectivity index (χ4n) is 8.83. The second-order valence-electron chi connectivity index (χ2n) is 15.5. The van der Waals surface area contributed by atoms with Gasteiger partial charge in [0.2, 0.25) is 0 Å². The molecule has 4 nitrogen and oxygen atoms in total. The largest absolute Gasteiger partial charge is 0.455 e. The van der Waals surface area contributed by atoms with Crippen LogP contribution in [0.15, 0.2) is 217 Å². The number of furan rings is 1. The van der Waals surface area contributed by atoms with E-state index in [1.165, 1.54) is 54.4 Å². The van der Waals surface area contributed by atoms with Crippen molar-refractivity contribution in [2.45, 2.75) is 0 Å². The van der Waals surface area contributed by atoms with E-state index in [2.05, 4.69) is 182 Å². The van der Waals surface area contributed by atoms with Crippen molar-refractivity contribution in [1.82, 2.24) is 15.0 Å². The first kappa shape index (κ1) is 35.9. The predicted octanol–water partition coefficient (Wildman–Crippen LogP) is 15.8. The zero-order valence-corrected chi connectivity index (χ0v) is 34.2. The molecule has 290 valence electrons. The normalized spacial score (nSPS) is 11.5. The molecule has 0 aliphatic carbocycles. The molecule has 12 rings (SSSR count). The molecule has 0 unspecified atom stereocenters. The van der Waals surface area contributed by atoms with Gasteiger partial charge in [-0.1, -0.05) is 182 Å². The molecular weight excluding hydrogens is 775 g/mol. The van der Waals surface area contributed by atoms with Crippen LogP contribution in [-0.2, 0) is 0 Å². The summed E-state index contributed by atoms with van der Waals surface area (Å²) in [5, 5.41) is 4.44. The number of rotatable bonds is 7. The van der Waals surface area contributed by atoms with Crippen LogP contribution >= 0.6 is 11.3 Å². The van der Waals surface area contributed by atoms with Crippen molar-refractivity contribution in [2.75, 3.05) is 0 Å². The summed E-state index contributed by atoms with van der Waals surface area (Å²) in [5.41, 5.74) is 13.7. The van der Waals surface area contributed by atoms with E-state index in [1.54, 1.807) is 11.3 Å². The van der Waals surface area contributed by atoms with Crippen molar-refractivity contribution in [3.63, 3.8) is 0 Å². The fraction of sp³-hybridized carbons (Fsp3) is 0. The first-order valence-electron chi connectivity index (χ1n) is 20.8. The summed E-state index contributed by atoms with van der Waals surface area (Å²) in [6.45, 7) is 0. The topological polar surface area (TPSA) is 51.8 Å². The molecule has 3 heterocycles. The third kappa shape index (κ3) is 6.18. The lowest BCUT2D eigenvalue weighted by Gasteiger charge is -2.10. The third-order valence-corrected chi connectivity index (χ3v) is 13.0. The van der Waals surface area contributed by atoms with Gasteiger partial charge < -0.3 is 4.42 Å². The molecule has 0 amide bonds. The Labute approximate surface area is 362 Å². The van der Waals surface area contributed by atoms with Crippen LogP contribution in [0, 0.1) is 0 Å². The molecule has 0 atom stereocenters. The van der Waals surface area contributed by atoms with E-state index in [0.717, 1.165) is 48.9 Å². The summed E-state index contributed by atoms with van der Waals surface area (Å²) < 4.78 is 9.08. The van der Waals surface area contributed by atoms with E-state index < -0.39 is 0 Å². The highest BCUT2D eigenvalue weighted by Gasteiger charge is 2.21. The van der Waals surface area contributed by atoms with E-state index in [-0.39, 0.29) is 0 Å². The summed E-state index contributed by atoms with van der Waals surface area (Å²) in [6, 6.07) is 74.5. The minimum absolute atomic E-state index is 0.561. The minimum atomic E-state index is 0.561. The Bertz CT molecular complexity index is 3600. The lowest BCUT2D eigenvalue weighted by atomic mass is 9.94. The van der Waals surface area contributed by atoms with Crippen LogP contribution in [0.4, 0.5) is 0 Å². The van der Waals surface area contributed by atoms with Gasteiger partial charge in [-0.25, -0.2) is 15.0 Å². The molecule has 0 aliphatic rings. The zero-order valence-electron chi connectivity index (χ0n) is 33.4. The molecule has 62 heavy (non-hydrogen) atoms. The molecule has 5 heteroatoms. The van der Waals surface area contributed by atoms with Crippen molar-refractivity contribution in [3.05, 3.63) is 212 Å². The first-order chi connectivity index (χ1) is 30.7. The Kier molecular flexibility index (Phi) is 8.65. The molecule has 12 aromatic rings. The number of benzene rings is 9. The lowest BCUT2D eigenvalue weighted by Crippen LogP contribution is -2.00. The molecule has 9 aromatic carbocycles. The van der Waals surface area contributed by atoms with E-state index in [1.807, 2.05) is 30.3 Å². The molecule has 0 spiro atoms. The average Bonchev–Trinajstić information content (AvgIpc) is 3.92. The maximum Gasteiger partial charge on any atom is 0.167 e. The monoisotopic (exact) mass is 809 g/mol. The number of hydrogen-bond acceptors (Lipinski definition) is 5. The quantitative estimate of drug-likeness (QED) is 0.161. The molecule has 0 radical (unpaired) electrons. The summed E-state index contributed by atoms with van der Waals surface area (Å²) in [4.78, 5) is 15.6. The Hall–Kier alpha value is -7.99. The van der Waals surface area contributed by atoms with Gasteiger partial charge in [-0.3, -0.25) is 0 Å². The van der Waals surface area contributed by atoms with Crippen LogP contribution in [0.25, 0.3) is 121 Å². The van der Waals surface area contributed by atoms with Gasteiger partial charge in [0.1, 0.15) is 11.2 Å². The highest BCUT2D eigenvalue weighted by Crippen LogP contribution is 2.44. The van der Waals surface area contributed by atoms with Crippen LogP contribution in [0.1, 0.15) is 0 Å². The van der Waals surface area contributed by atoms with Crippen molar-refractivity contribution >= 4 is 53.4 Å². The Morgan fingerprint density at radius 2 is 0.790 bits per heavy atom. The van der Waals surface area contributed by atoms with Crippen molar-refractivity contribution < 1.29 is 4.42 Å². The minimum Gasteiger partial charge on any atom is -0.455 e. The van der Waals surface area contributed by atoms with Crippen molar-refractivity contribution in [2.24, 2.45) is 0 Å². The van der Waals surface area contributed by atoms with Crippen molar-refractivity contribution in [3.8, 4) is 78.7 Å². The van der Waals surface area contributed by atoms with Crippen molar-refractivity contribution in [1.29, 1.82) is 0 Å². The maximum atomic E-state index is 6.73.